The predicted octanol–water partition coefficient (Wildman–Crippen LogP) is 5.07. The van der Waals surface area contributed by atoms with Crippen molar-refractivity contribution < 1.29 is 26.7 Å². The van der Waals surface area contributed by atoms with E-state index in [0.717, 1.165) is 6.07 Å². The van der Waals surface area contributed by atoms with E-state index < -0.39 is 29.8 Å². The van der Waals surface area contributed by atoms with Crippen LogP contribution in [0.2, 0.25) is 0 Å². The van der Waals surface area contributed by atoms with E-state index in [4.69, 9.17) is 4.74 Å². The van der Waals surface area contributed by atoms with Crippen LogP contribution in [-0.2, 0) is 13.2 Å². The lowest BCUT2D eigenvalue weighted by Gasteiger charge is -2.36. The van der Waals surface area contributed by atoms with Gasteiger partial charge in [0.15, 0.2) is 5.69 Å². The Hall–Kier alpha value is -3.26. The number of hydrogen-bond acceptors (Lipinski definition) is 5. The Morgan fingerprint density at radius 2 is 1.94 bits per heavy atom. The summed E-state index contributed by atoms with van der Waals surface area (Å²) in [6.07, 6.45) is -2.90. The molecule has 3 heterocycles. The first-order valence-corrected chi connectivity index (χ1v) is 11.2. The maximum absolute atomic E-state index is 15.0. The molecule has 35 heavy (non-hydrogen) atoms. The summed E-state index contributed by atoms with van der Waals surface area (Å²) in [4.78, 5) is 10.1. The fraction of sp³-hybridized carbons (Fsp3) is 0.458. The Kier molecular flexibility index (Phi) is 6.94. The molecule has 1 aromatic carbocycles. The zero-order valence-corrected chi connectivity index (χ0v) is 19.1. The maximum atomic E-state index is 15.0. The molecule has 0 saturated carbocycles. The van der Waals surface area contributed by atoms with Gasteiger partial charge in [-0.2, -0.15) is 18.4 Å². The van der Waals surface area contributed by atoms with E-state index in [9.17, 15) is 22.8 Å². The number of alkyl halides is 5. The smallest absolute Gasteiger partial charge is 0.419 e. The van der Waals surface area contributed by atoms with Gasteiger partial charge in [0.05, 0.1) is 29.7 Å². The molecule has 0 amide bonds. The zero-order valence-electron chi connectivity index (χ0n) is 19.1. The van der Waals surface area contributed by atoms with E-state index in [1.807, 2.05) is 11.0 Å². The van der Waals surface area contributed by atoms with Crippen LogP contribution in [0, 0.1) is 11.3 Å². The second-order valence-electron chi connectivity index (χ2n) is 8.68. The lowest BCUT2D eigenvalue weighted by Crippen LogP contribution is -2.43. The van der Waals surface area contributed by atoms with E-state index >= 15 is 4.39 Å². The molecule has 6 nitrogen and oxygen atoms in total. The van der Waals surface area contributed by atoms with Crippen molar-refractivity contribution in [3.05, 3.63) is 41.9 Å². The van der Waals surface area contributed by atoms with E-state index in [1.165, 1.54) is 18.5 Å². The molecule has 186 valence electrons. The van der Waals surface area contributed by atoms with Crippen LogP contribution in [0.1, 0.15) is 30.5 Å². The Morgan fingerprint density at radius 1 is 1.20 bits per heavy atom. The number of halogens is 5. The lowest BCUT2D eigenvalue weighted by atomic mass is 9.90. The van der Waals surface area contributed by atoms with Gasteiger partial charge in [0.25, 0.3) is 0 Å². The van der Waals surface area contributed by atoms with Crippen molar-refractivity contribution >= 4 is 11.0 Å². The summed E-state index contributed by atoms with van der Waals surface area (Å²) in [5.41, 5.74) is -1.27. The lowest BCUT2D eigenvalue weighted by molar-refractivity contribution is -0.139. The van der Waals surface area contributed by atoms with Gasteiger partial charge in [0, 0.05) is 38.7 Å². The van der Waals surface area contributed by atoms with E-state index in [2.05, 4.69) is 9.97 Å². The van der Waals surface area contributed by atoms with Gasteiger partial charge in [-0.05, 0) is 37.1 Å². The number of rotatable bonds is 7. The standard InChI is InChI=1S/C24H24F5N5O/c1-33-15-31-22-19(14-30)32-18(13-20(22)33)16-2-3-21(17(12-16)24(27,28)29)35-11-6-23(26)4-8-34(9-5-23)10-7-25/h2-3,12-13,15H,4-11H2,1H3. The molecule has 0 radical (unpaired) electrons. The topological polar surface area (TPSA) is 67.0 Å². The normalized spacial score (nSPS) is 16.4. The number of fused-ring (bicyclic) bond motifs is 1. The molecule has 0 unspecified atom stereocenters. The van der Waals surface area contributed by atoms with Crippen molar-refractivity contribution in [1.29, 1.82) is 5.26 Å². The second-order valence-corrected chi connectivity index (χ2v) is 8.68. The van der Waals surface area contributed by atoms with Gasteiger partial charge in [-0.15, -0.1) is 0 Å². The SMILES string of the molecule is Cn1cnc2c(C#N)nc(-c3ccc(OCCC4(F)CCN(CCF)CC4)c(C(F)(F)F)c3)cc21. The van der Waals surface area contributed by atoms with Crippen molar-refractivity contribution in [2.75, 3.05) is 32.9 Å². The number of aromatic nitrogens is 3. The van der Waals surface area contributed by atoms with Gasteiger partial charge in [0.1, 0.15) is 29.7 Å². The van der Waals surface area contributed by atoms with Gasteiger partial charge in [-0.25, -0.2) is 18.7 Å². The molecule has 0 N–H and O–H groups in total. The summed E-state index contributed by atoms with van der Waals surface area (Å²) in [5.74, 6) is -0.401. The fourth-order valence-corrected chi connectivity index (χ4v) is 4.28. The fourth-order valence-electron chi connectivity index (χ4n) is 4.28. The Balaban J connectivity index is 1.54. The summed E-state index contributed by atoms with van der Waals surface area (Å²) in [6.45, 7) is 0.344. The van der Waals surface area contributed by atoms with Crippen molar-refractivity contribution in [3.63, 3.8) is 0 Å². The molecule has 0 bridgehead atoms. The number of likely N-dealkylation sites (tertiary alicyclic amines) is 1. The van der Waals surface area contributed by atoms with Gasteiger partial charge in [-0.1, -0.05) is 0 Å². The van der Waals surface area contributed by atoms with Crippen LogP contribution < -0.4 is 4.74 Å². The number of nitrogens with zero attached hydrogens (tertiary/aromatic N) is 5. The minimum atomic E-state index is -4.72. The molecule has 0 aliphatic carbocycles. The minimum Gasteiger partial charge on any atom is -0.493 e. The van der Waals surface area contributed by atoms with Crippen LogP contribution in [0.3, 0.4) is 0 Å². The highest BCUT2D eigenvalue weighted by atomic mass is 19.4. The molecule has 1 aliphatic heterocycles. The molecule has 1 aliphatic rings. The highest BCUT2D eigenvalue weighted by Gasteiger charge is 2.37. The van der Waals surface area contributed by atoms with Crippen LogP contribution in [0.4, 0.5) is 22.0 Å². The van der Waals surface area contributed by atoms with Gasteiger partial charge >= 0.3 is 6.18 Å². The summed E-state index contributed by atoms with van der Waals surface area (Å²) in [7, 11) is 1.71. The molecule has 4 rings (SSSR count). The van der Waals surface area contributed by atoms with E-state index in [-0.39, 0.29) is 49.4 Å². The Bertz CT molecular complexity index is 1240. The third kappa shape index (κ3) is 5.37. The van der Waals surface area contributed by atoms with Crippen molar-refractivity contribution in [1.82, 2.24) is 19.4 Å². The Labute approximate surface area is 198 Å². The number of benzene rings is 1. The summed E-state index contributed by atoms with van der Waals surface area (Å²) in [6, 6.07) is 7.04. The zero-order chi connectivity index (χ0) is 25.2. The number of ether oxygens (including phenoxy) is 1. The third-order valence-electron chi connectivity index (χ3n) is 6.36. The maximum Gasteiger partial charge on any atom is 0.419 e. The minimum absolute atomic E-state index is 0.0118. The number of imidazole rings is 1. The first-order chi connectivity index (χ1) is 16.6. The first-order valence-electron chi connectivity index (χ1n) is 11.2. The first kappa shape index (κ1) is 24.9. The van der Waals surface area contributed by atoms with Gasteiger partial charge in [0.2, 0.25) is 0 Å². The summed E-state index contributed by atoms with van der Waals surface area (Å²) < 4.78 is 76.1. The Morgan fingerprint density at radius 3 is 2.60 bits per heavy atom. The van der Waals surface area contributed by atoms with Crippen molar-refractivity contribution in [3.8, 4) is 23.1 Å². The average Bonchev–Trinajstić information content (AvgIpc) is 3.20. The number of piperidine rings is 1. The predicted molar refractivity (Wildman–Crippen MR) is 119 cm³/mol. The highest BCUT2D eigenvalue weighted by Crippen LogP contribution is 2.39. The monoisotopic (exact) mass is 493 g/mol. The highest BCUT2D eigenvalue weighted by molar-refractivity contribution is 5.84. The summed E-state index contributed by atoms with van der Waals surface area (Å²) in [5, 5.41) is 9.40. The molecule has 1 saturated heterocycles. The molecule has 0 spiro atoms. The third-order valence-corrected chi connectivity index (χ3v) is 6.36. The molecular formula is C24H24F5N5O. The summed E-state index contributed by atoms with van der Waals surface area (Å²) >= 11 is 0. The average molecular weight is 493 g/mol. The number of aryl methyl sites for hydroxylation is 1. The molecule has 11 heteroatoms. The number of pyridine rings is 1. The van der Waals surface area contributed by atoms with E-state index in [0.29, 0.717) is 24.1 Å². The molecule has 0 atom stereocenters. The van der Waals surface area contributed by atoms with Gasteiger partial charge < -0.3 is 14.2 Å². The van der Waals surface area contributed by atoms with Crippen LogP contribution >= 0.6 is 0 Å². The largest absolute Gasteiger partial charge is 0.493 e. The van der Waals surface area contributed by atoms with Crippen LogP contribution in [0.25, 0.3) is 22.3 Å². The molecule has 1 fully saturated rings. The molecule has 3 aromatic rings. The van der Waals surface area contributed by atoms with Crippen molar-refractivity contribution in [2.45, 2.75) is 31.1 Å². The van der Waals surface area contributed by atoms with Gasteiger partial charge in [-0.3, -0.25) is 0 Å². The second kappa shape index (κ2) is 9.77. The van der Waals surface area contributed by atoms with Crippen LogP contribution in [0.15, 0.2) is 30.6 Å². The molecule has 2 aromatic heterocycles. The number of nitriles is 1. The quantitative estimate of drug-likeness (QED) is 0.430. The van der Waals surface area contributed by atoms with E-state index in [1.54, 1.807) is 17.7 Å². The van der Waals surface area contributed by atoms with Crippen LogP contribution in [0.5, 0.6) is 5.75 Å². The number of hydrogen-bond donors (Lipinski definition) is 0. The van der Waals surface area contributed by atoms with Crippen LogP contribution in [-0.4, -0.2) is 58.0 Å². The van der Waals surface area contributed by atoms with Crippen molar-refractivity contribution in [2.24, 2.45) is 7.05 Å². The molecular weight excluding hydrogens is 469 g/mol.